The Morgan fingerprint density at radius 3 is 2.76 bits per heavy atom. The van der Waals surface area contributed by atoms with E-state index in [9.17, 15) is 18.0 Å². The Balaban J connectivity index is 0.00000300. The van der Waals surface area contributed by atoms with E-state index in [2.05, 4.69) is 25.6 Å². The van der Waals surface area contributed by atoms with Gasteiger partial charge in [0.15, 0.2) is 0 Å². The maximum absolute atomic E-state index is 12.8. The minimum absolute atomic E-state index is 0. The second-order valence-corrected chi connectivity index (χ2v) is 6.96. The number of carbonyl (C=O) groups is 1. The average molecular weight is 430 g/mol. The minimum Gasteiger partial charge on any atom is -0.352 e. The molecule has 0 saturated carbocycles. The fraction of sp³-hybridized carbons (Fsp3) is 0.474. The Kier molecular flexibility index (Phi) is 7.92. The highest BCUT2D eigenvalue weighted by Crippen LogP contribution is 2.27. The van der Waals surface area contributed by atoms with E-state index >= 15 is 0 Å². The first-order valence-corrected chi connectivity index (χ1v) is 9.16. The highest BCUT2D eigenvalue weighted by molar-refractivity contribution is 5.94. The molecule has 0 aromatic carbocycles. The number of aryl methyl sites for hydroxylation is 1. The lowest BCUT2D eigenvalue weighted by Crippen LogP contribution is -2.27. The fourth-order valence-corrected chi connectivity index (χ4v) is 3.22. The van der Waals surface area contributed by atoms with Gasteiger partial charge in [0, 0.05) is 31.1 Å². The van der Waals surface area contributed by atoms with Crippen molar-refractivity contribution in [2.45, 2.75) is 32.4 Å². The first-order valence-electron chi connectivity index (χ1n) is 9.16. The maximum Gasteiger partial charge on any atom is 0.433 e. The summed E-state index contributed by atoms with van der Waals surface area (Å²) in [5, 5.41) is 6.00. The molecule has 2 N–H and O–H groups in total. The Morgan fingerprint density at radius 2 is 2.07 bits per heavy atom. The summed E-state index contributed by atoms with van der Waals surface area (Å²) in [5.41, 5.74) is 0.698. The monoisotopic (exact) mass is 429 g/mol. The third kappa shape index (κ3) is 6.64. The van der Waals surface area contributed by atoms with Crippen LogP contribution in [0.3, 0.4) is 0 Å². The van der Waals surface area contributed by atoms with Crippen molar-refractivity contribution < 1.29 is 18.0 Å². The van der Waals surface area contributed by atoms with Crippen molar-refractivity contribution in [2.24, 2.45) is 5.92 Å². The van der Waals surface area contributed by atoms with Crippen LogP contribution in [0.1, 0.15) is 39.6 Å². The van der Waals surface area contributed by atoms with Gasteiger partial charge in [0.1, 0.15) is 11.5 Å². The maximum atomic E-state index is 12.8. The van der Waals surface area contributed by atoms with E-state index in [4.69, 9.17) is 0 Å². The van der Waals surface area contributed by atoms with Gasteiger partial charge in [-0.1, -0.05) is 0 Å². The number of nitrogens with one attached hydrogen (secondary N) is 2. The van der Waals surface area contributed by atoms with E-state index in [0.717, 1.165) is 37.6 Å². The second-order valence-electron chi connectivity index (χ2n) is 6.96. The van der Waals surface area contributed by atoms with Gasteiger partial charge < -0.3 is 10.6 Å². The van der Waals surface area contributed by atoms with Gasteiger partial charge in [-0.2, -0.15) is 13.2 Å². The minimum atomic E-state index is -4.52. The van der Waals surface area contributed by atoms with Crippen LogP contribution in [0.4, 0.5) is 13.2 Å². The summed E-state index contributed by atoms with van der Waals surface area (Å²) >= 11 is 0. The lowest BCUT2D eigenvalue weighted by atomic mass is 9.99. The first kappa shape index (κ1) is 23.0. The largest absolute Gasteiger partial charge is 0.433 e. The molecule has 1 amide bonds. The van der Waals surface area contributed by atoms with Gasteiger partial charge in [-0.25, -0.2) is 9.97 Å². The molecule has 6 nitrogen and oxygen atoms in total. The molecule has 158 valence electrons. The molecule has 10 heteroatoms. The van der Waals surface area contributed by atoms with E-state index in [1.807, 2.05) is 6.07 Å². The highest BCUT2D eigenvalue weighted by atomic mass is 35.5. The zero-order chi connectivity index (χ0) is 20.1. The van der Waals surface area contributed by atoms with Crippen LogP contribution in [-0.4, -0.2) is 40.5 Å². The molecular weight excluding hydrogens is 407 g/mol. The van der Waals surface area contributed by atoms with Crippen molar-refractivity contribution >= 4 is 18.3 Å². The molecule has 3 rings (SSSR count). The Hall–Kier alpha value is -2.26. The number of hydrogen-bond acceptors (Lipinski definition) is 5. The Morgan fingerprint density at radius 1 is 1.28 bits per heavy atom. The molecule has 2 aromatic heterocycles. The van der Waals surface area contributed by atoms with Gasteiger partial charge in [0.25, 0.3) is 5.91 Å². The van der Waals surface area contributed by atoms with Gasteiger partial charge in [-0.3, -0.25) is 9.78 Å². The molecule has 1 aliphatic rings. The van der Waals surface area contributed by atoms with E-state index in [-0.39, 0.29) is 42.8 Å². The van der Waals surface area contributed by atoms with E-state index < -0.39 is 11.9 Å². The van der Waals surface area contributed by atoms with Crippen molar-refractivity contribution in [3.05, 3.63) is 52.9 Å². The van der Waals surface area contributed by atoms with Gasteiger partial charge >= 0.3 is 6.18 Å². The molecule has 1 saturated heterocycles. The van der Waals surface area contributed by atoms with Crippen LogP contribution in [0.15, 0.2) is 24.5 Å². The van der Waals surface area contributed by atoms with Crippen molar-refractivity contribution in [3.63, 3.8) is 0 Å². The van der Waals surface area contributed by atoms with E-state index in [1.54, 1.807) is 6.20 Å². The number of pyridine rings is 1. The van der Waals surface area contributed by atoms with Crippen molar-refractivity contribution in [3.8, 4) is 0 Å². The van der Waals surface area contributed by atoms with Crippen molar-refractivity contribution in [1.29, 1.82) is 0 Å². The van der Waals surface area contributed by atoms with Crippen LogP contribution in [0, 0.1) is 12.8 Å². The number of amides is 1. The molecule has 1 aliphatic heterocycles. The van der Waals surface area contributed by atoms with Crippen LogP contribution in [0.2, 0.25) is 0 Å². The number of aromatic nitrogens is 3. The summed E-state index contributed by atoms with van der Waals surface area (Å²) in [5.74, 6) is 0.275. The predicted molar refractivity (Wildman–Crippen MR) is 104 cm³/mol. The van der Waals surface area contributed by atoms with Crippen LogP contribution >= 0.6 is 12.4 Å². The van der Waals surface area contributed by atoms with Crippen molar-refractivity contribution in [1.82, 2.24) is 25.6 Å². The molecule has 1 fully saturated rings. The number of nitrogens with zero attached hydrogens (tertiary/aromatic N) is 3. The SMILES string of the molecule is Cc1cc(C(F)(F)F)nc(CCNC(=O)c2cncc(CC3CCNC3)c2)n1.Cl. The van der Waals surface area contributed by atoms with Gasteiger partial charge in [0.2, 0.25) is 0 Å². The van der Waals surface area contributed by atoms with E-state index in [0.29, 0.717) is 11.5 Å². The predicted octanol–water partition coefficient (Wildman–Crippen LogP) is 2.75. The van der Waals surface area contributed by atoms with Gasteiger partial charge in [-0.05, 0) is 56.5 Å². The normalized spacial score (nSPS) is 16.3. The zero-order valence-electron chi connectivity index (χ0n) is 15.9. The highest BCUT2D eigenvalue weighted by Gasteiger charge is 2.33. The molecule has 1 atom stereocenters. The lowest BCUT2D eigenvalue weighted by Gasteiger charge is -2.10. The molecule has 0 aliphatic carbocycles. The van der Waals surface area contributed by atoms with Crippen molar-refractivity contribution in [2.75, 3.05) is 19.6 Å². The Labute approximate surface area is 173 Å². The number of carbonyl (C=O) groups excluding carboxylic acids is 1. The molecule has 0 bridgehead atoms. The lowest BCUT2D eigenvalue weighted by molar-refractivity contribution is -0.141. The summed E-state index contributed by atoms with van der Waals surface area (Å²) in [4.78, 5) is 24.0. The molecule has 0 spiro atoms. The van der Waals surface area contributed by atoms with Gasteiger partial charge in [-0.15, -0.1) is 12.4 Å². The number of hydrogen-bond donors (Lipinski definition) is 2. The second kappa shape index (κ2) is 9.98. The van der Waals surface area contributed by atoms with Crippen LogP contribution in [0.5, 0.6) is 0 Å². The van der Waals surface area contributed by atoms with E-state index in [1.165, 1.54) is 13.1 Å². The standard InChI is InChI=1S/C19H22F3N5O.ClH/c1-12-6-16(19(20,21)22)27-17(26-12)3-5-25-18(28)15-8-14(10-24-11-15)7-13-2-4-23-9-13;/h6,8,10-11,13,23H,2-5,7,9H2,1H3,(H,25,28);1H. The average Bonchev–Trinajstić information content (AvgIpc) is 3.13. The van der Waals surface area contributed by atoms with Crippen LogP contribution in [-0.2, 0) is 19.0 Å². The molecule has 2 aromatic rings. The topological polar surface area (TPSA) is 79.8 Å². The number of halogens is 4. The third-order valence-corrected chi connectivity index (χ3v) is 4.57. The molecule has 29 heavy (non-hydrogen) atoms. The molecular formula is C19H23ClF3N5O. The molecule has 3 heterocycles. The summed E-state index contributed by atoms with van der Waals surface area (Å²) in [6.45, 7) is 3.59. The van der Waals surface area contributed by atoms with Crippen LogP contribution in [0.25, 0.3) is 0 Å². The zero-order valence-corrected chi connectivity index (χ0v) is 16.7. The van der Waals surface area contributed by atoms with Gasteiger partial charge in [0.05, 0.1) is 5.56 Å². The quantitative estimate of drug-likeness (QED) is 0.738. The first-order chi connectivity index (χ1) is 13.3. The summed E-state index contributed by atoms with van der Waals surface area (Å²) in [6, 6.07) is 2.71. The summed E-state index contributed by atoms with van der Waals surface area (Å²) in [7, 11) is 0. The fourth-order valence-electron chi connectivity index (χ4n) is 3.22. The smallest absolute Gasteiger partial charge is 0.352 e. The molecule has 0 radical (unpaired) electrons. The number of rotatable bonds is 6. The molecule has 1 unspecified atom stereocenters. The summed E-state index contributed by atoms with van der Waals surface area (Å²) < 4.78 is 38.5. The summed E-state index contributed by atoms with van der Waals surface area (Å²) in [6.07, 6.45) is 0.792. The number of alkyl halides is 3. The Bertz CT molecular complexity index is 841. The third-order valence-electron chi connectivity index (χ3n) is 4.57. The van der Waals surface area contributed by atoms with Crippen LogP contribution < -0.4 is 10.6 Å².